The van der Waals surface area contributed by atoms with Crippen LogP contribution >= 0.6 is 0 Å². The third-order valence-electron chi connectivity index (χ3n) is 3.80. The number of hydrogen-bond donors (Lipinski definition) is 1. The fraction of sp³-hybridized carbons (Fsp3) is 0.929. The Hall–Kier alpha value is -0.610. The average molecular weight is 254 g/mol. The number of nitrogens with zero attached hydrogens (tertiary/aromatic N) is 1. The first-order valence-corrected chi connectivity index (χ1v) is 7.18. The molecule has 1 amide bonds. The summed E-state index contributed by atoms with van der Waals surface area (Å²) in [5, 5.41) is 3.03. The molecule has 1 heterocycles. The smallest absolute Gasteiger partial charge is 0.223 e. The summed E-state index contributed by atoms with van der Waals surface area (Å²) in [5.74, 6) is 1.74. The average Bonchev–Trinajstić information content (AvgIpc) is 3.03. The minimum atomic E-state index is 0.163. The molecule has 0 aromatic heterocycles. The maximum atomic E-state index is 11.7. The Morgan fingerprint density at radius 2 is 2.22 bits per heavy atom. The Bertz CT molecular complexity index is 294. The first-order valence-electron chi connectivity index (χ1n) is 7.18. The van der Waals surface area contributed by atoms with E-state index in [9.17, 15) is 4.79 Å². The molecule has 2 aliphatic rings. The maximum Gasteiger partial charge on any atom is 0.223 e. The highest BCUT2D eigenvalue weighted by Gasteiger charge is 2.39. The van der Waals surface area contributed by atoms with Crippen LogP contribution in [0.1, 0.15) is 27.2 Å². The fourth-order valence-electron chi connectivity index (χ4n) is 2.62. The van der Waals surface area contributed by atoms with Crippen LogP contribution < -0.4 is 5.32 Å². The molecule has 104 valence electrons. The van der Waals surface area contributed by atoms with E-state index < -0.39 is 0 Å². The van der Waals surface area contributed by atoms with Crippen molar-refractivity contribution < 1.29 is 9.53 Å². The molecule has 3 unspecified atom stereocenters. The van der Waals surface area contributed by atoms with Crippen molar-refractivity contribution >= 4 is 5.91 Å². The Kier molecular flexibility index (Phi) is 4.62. The number of carbonyl (C=O) groups excluding carboxylic acids is 1. The molecule has 18 heavy (non-hydrogen) atoms. The standard InChI is InChI=1S/C14H26N2O2/c1-10(2)8-16-4-5-18-12(9-16)7-15-14(17)13-6-11(13)3/h10-13H,4-9H2,1-3H3,(H,15,17). The highest BCUT2D eigenvalue weighted by atomic mass is 16.5. The summed E-state index contributed by atoms with van der Waals surface area (Å²) in [7, 11) is 0. The molecule has 0 radical (unpaired) electrons. The van der Waals surface area contributed by atoms with Crippen molar-refractivity contribution in [2.75, 3.05) is 32.8 Å². The van der Waals surface area contributed by atoms with Crippen LogP contribution in [0.2, 0.25) is 0 Å². The van der Waals surface area contributed by atoms with Gasteiger partial charge < -0.3 is 10.1 Å². The van der Waals surface area contributed by atoms with E-state index in [1.807, 2.05) is 0 Å². The Labute approximate surface area is 110 Å². The second-order valence-corrected chi connectivity index (χ2v) is 6.21. The molecule has 1 aliphatic carbocycles. The number of nitrogens with one attached hydrogen (secondary N) is 1. The van der Waals surface area contributed by atoms with Crippen LogP contribution in [0, 0.1) is 17.8 Å². The highest BCUT2D eigenvalue weighted by Crippen LogP contribution is 2.37. The SMILES string of the molecule is CC(C)CN1CCOC(CNC(=O)C2CC2C)C1. The van der Waals surface area contributed by atoms with E-state index in [1.54, 1.807) is 0 Å². The molecule has 0 spiro atoms. The van der Waals surface area contributed by atoms with Gasteiger partial charge in [-0.3, -0.25) is 9.69 Å². The van der Waals surface area contributed by atoms with E-state index in [4.69, 9.17) is 4.74 Å². The molecule has 2 rings (SSSR count). The molecule has 2 fully saturated rings. The van der Waals surface area contributed by atoms with E-state index in [0.29, 0.717) is 18.4 Å². The van der Waals surface area contributed by atoms with Gasteiger partial charge in [-0.25, -0.2) is 0 Å². The van der Waals surface area contributed by atoms with Gasteiger partial charge in [-0.15, -0.1) is 0 Å². The van der Waals surface area contributed by atoms with E-state index in [1.165, 1.54) is 0 Å². The molecule has 3 atom stereocenters. The zero-order chi connectivity index (χ0) is 13.1. The summed E-state index contributed by atoms with van der Waals surface area (Å²) in [6, 6.07) is 0. The molecule has 0 bridgehead atoms. The third kappa shape index (κ3) is 3.95. The zero-order valence-electron chi connectivity index (χ0n) is 11.8. The summed E-state index contributed by atoms with van der Waals surface area (Å²) < 4.78 is 5.71. The van der Waals surface area contributed by atoms with Gasteiger partial charge in [0.15, 0.2) is 0 Å². The Balaban J connectivity index is 1.67. The molecule has 1 saturated heterocycles. The second kappa shape index (κ2) is 6.02. The van der Waals surface area contributed by atoms with Gasteiger partial charge in [-0.2, -0.15) is 0 Å². The van der Waals surface area contributed by atoms with E-state index in [2.05, 4.69) is 31.0 Å². The monoisotopic (exact) mass is 254 g/mol. The van der Waals surface area contributed by atoms with E-state index >= 15 is 0 Å². The molecule has 1 saturated carbocycles. The lowest BCUT2D eigenvalue weighted by atomic mass is 10.2. The van der Waals surface area contributed by atoms with Crippen molar-refractivity contribution in [2.24, 2.45) is 17.8 Å². The van der Waals surface area contributed by atoms with Gasteiger partial charge in [-0.1, -0.05) is 20.8 Å². The largest absolute Gasteiger partial charge is 0.374 e. The quantitative estimate of drug-likeness (QED) is 0.799. The Morgan fingerprint density at radius 3 is 2.83 bits per heavy atom. The topological polar surface area (TPSA) is 41.6 Å². The number of morpholine rings is 1. The number of amides is 1. The minimum Gasteiger partial charge on any atom is -0.374 e. The summed E-state index contributed by atoms with van der Waals surface area (Å²) in [5.41, 5.74) is 0. The van der Waals surface area contributed by atoms with E-state index in [-0.39, 0.29) is 17.9 Å². The van der Waals surface area contributed by atoms with Crippen molar-refractivity contribution in [3.8, 4) is 0 Å². The first kappa shape index (κ1) is 13.8. The fourth-order valence-corrected chi connectivity index (χ4v) is 2.62. The van der Waals surface area contributed by atoms with Crippen LogP contribution in [0.4, 0.5) is 0 Å². The van der Waals surface area contributed by atoms with Gasteiger partial charge in [0.05, 0.1) is 12.7 Å². The molecular weight excluding hydrogens is 228 g/mol. The summed E-state index contributed by atoms with van der Waals surface area (Å²) in [6.07, 6.45) is 1.21. The van der Waals surface area contributed by atoms with E-state index in [0.717, 1.165) is 32.7 Å². The maximum absolute atomic E-state index is 11.7. The van der Waals surface area contributed by atoms with Gasteiger partial charge >= 0.3 is 0 Å². The van der Waals surface area contributed by atoms with Crippen LogP contribution in [-0.2, 0) is 9.53 Å². The van der Waals surface area contributed by atoms with Gasteiger partial charge in [0.2, 0.25) is 5.91 Å². The van der Waals surface area contributed by atoms with Crippen molar-refractivity contribution in [1.82, 2.24) is 10.2 Å². The van der Waals surface area contributed by atoms with Gasteiger partial charge in [0.25, 0.3) is 0 Å². The van der Waals surface area contributed by atoms with Crippen LogP contribution in [-0.4, -0.2) is 49.7 Å². The lowest BCUT2D eigenvalue weighted by molar-refractivity contribution is -0.123. The lowest BCUT2D eigenvalue weighted by Crippen LogP contribution is -2.48. The van der Waals surface area contributed by atoms with Crippen LogP contribution in [0.15, 0.2) is 0 Å². The van der Waals surface area contributed by atoms with Crippen LogP contribution in [0.5, 0.6) is 0 Å². The predicted octanol–water partition coefficient (Wildman–Crippen LogP) is 1.12. The van der Waals surface area contributed by atoms with Gasteiger partial charge in [0.1, 0.15) is 0 Å². The zero-order valence-corrected chi connectivity index (χ0v) is 11.8. The van der Waals surface area contributed by atoms with Crippen LogP contribution in [0.25, 0.3) is 0 Å². The molecule has 0 aromatic rings. The predicted molar refractivity (Wildman–Crippen MR) is 71.3 cm³/mol. The number of hydrogen-bond acceptors (Lipinski definition) is 3. The van der Waals surface area contributed by atoms with Gasteiger partial charge in [-0.05, 0) is 18.3 Å². The lowest BCUT2D eigenvalue weighted by Gasteiger charge is -2.34. The molecular formula is C14H26N2O2. The molecule has 0 aromatic carbocycles. The molecule has 4 heteroatoms. The first-order chi connectivity index (χ1) is 8.56. The highest BCUT2D eigenvalue weighted by molar-refractivity contribution is 5.81. The molecule has 4 nitrogen and oxygen atoms in total. The summed E-state index contributed by atoms with van der Waals surface area (Å²) >= 11 is 0. The van der Waals surface area contributed by atoms with Crippen molar-refractivity contribution in [1.29, 1.82) is 0 Å². The Morgan fingerprint density at radius 1 is 1.50 bits per heavy atom. The van der Waals surface area contributed by atoms with Crippen molar-refractivity contribution in [3.05, 3.63) is 0 Å². The summed E-state index contributed by atoms with van der Waals surface area (Å²) in [4.78, 5) is 14.2. The molecule has 1 aliphatic heterocycles. The normalized spacial score (nSPS) is 32.6. The third-order valence-corrected chi connectivity index (χ3v) is 3.80. The second-order valence-electron chi connectivity index (χ2n) is 6.21. The molecule has 1 N–H and O–H groups in total. The number of ether oxygens (including phenoxy) is 1. The number of carbonyl (C=O) groups is 1. The number of rotatable bonds is 5. The van der Waals surface area contributed by atoms with Crippen molar-refractivity contribution in [2.45, 2.75) is 33.3 Å². The van der Waals surface area contributed by atoms with Gasteiger partial charge in [0, 0.05) is 32.1 Å². The van der Waals surface area contributed by atoms with Crippen LogP contribution in [0.3, 0.4) is 0 Å². The van der Waals surface area contributed by atoms with Crippen molar-refractivity contribution in [3.63, 3.8) is 0 Å². The minimum absolute atomic E-state index is 0.163. The summed E-state index contributed by atoms with van der Waals surface area (Å²) in [6.45, 7) is 11.1.